The first-order valence-corrected chi connectivity index (χ1v) is 50.8. The van der Waals surface area contributed by atoms with Gasteiger partial charge in [0.15, 0.2) is 30.9 Å². The van der Waals surface area contributed by atoms with Crippen LogP contribution in [0.3, 0.4) is 0 Å². The Bertz CT molecular complexity index is 8150. The van der Waals surface area contributed by atoms with Crippen molar-refractivity contribution < 1.29 is 0 Å². The number of rotatable bonds is 26. The van der Waals surface area contributed by atoms with E-state index in [-0.39, 0.29) is 33.8 Å². The Morgan fingerprint density at radius 3 is 0.782 bits per heavy atom. The number of benzene rings is 13. The van der Waals surface area contributed by atoms with Crippen molar-refractivity contribution in [2.45, 2.75) is 65.5 Å². The molecule has 0 aliphatic carbocycles. The van der Waals surface area contributed by atoms with Gasteiger partial charge in [-0.3, -0.25) is 28.8 Å². The number of H-pyrrole nitrogens is 6. The van der Waals surface area contributed by atoms with Crippen LogP contribution in [-0.2, 0) is 34.5 Å². The lowest BCUT2D eigenvalue weighted by Crippen LogP contribution is -2.14. The highest BCUT2D eigenvalue weighted by atomic mass is 79.9. The molecule has 6 aromatic heterocycles. The fourth-order valence-corrected chi connectivity index (χ4v) is 20.4. The van der Waals surface area contributed by atoms with Crippen LogP contribution in [0.5, 0.6) is 0 Å². The maximum Gasteiger partial charge on any atom is 0.276 e. The maximum atomic E-state index is 12.9. The van der Waals surface area contributed by atoms with E-state index >= 15 is 0 Å². The van der Waals surface area contributed by atoms with Crippen LogP contribution in [0.15, 0.2) is 384 Å². The fourth-order valence-electron chi connectivity index (χ4n) is 15.0. The van der Waals surface area contributed by atoms with Crippen molar-refractivity contribution in [3.63, 3.8) is 0 Å². The quantitative estimate of drug-likeness (QED) is 0.0167. The van der Waals surface area contributed by atoms with E-state index in [4.69, 9.17) is 29.7 Å². The molecule has 0 amide bonds. The number of halogens is 2. The summed E-state index contributed by atoms with van der Waals surface area (Å²) in [7, 11) is 0. The summed E-state index contributed by atoms with van der Waals surface area (Å²) in [4.78, 5) is 131. The summed E-state index contributed by atoms with van der Waals surface area (Å²) in [5.74, 6) is 3.34. The van der Waals surface area contributed by atoms with Gasteiger partial charge in [-0.05, 0) is 118 Å². The van der Waals surface area contributed by atoms with Crippen molar-refractivity contribution in [2.24, 2.45) is 0 Å². The molecule has 13 aromatic carbocycles. The molecule has 19 rings (SSSR count). The van der Waals surface area contributed by atoms with Crippen LogP contribution >= 0.6 is 102 Å². The second-order valence-corrected chi connectivity index (χ2v) is 38.9. The molecule has 24 nitrogen and oxygen atoms in total. The predicted octanol–water partition coefficient (Wildman–Crippen LogP) is 25.7. The molecule has 19 aromatic rings. The summed E-state index contributed by atoms with van der Waals surface area (Å²) in [5, 5.41) is 35.4. The highest BCUT2D eigenvalue weighted by molar-refractivity contribution is 9.10. The van der Waals surface area contributed by atoms with Gasteiger partial charge in [-0.15, -0.1) is 0 Å². The summed E-state index contributed by atoms with van der Waals surface area (Å²) >= 11 is 15.1. The lowest BCUT2D eigenvalue weighted by molar-refractivity contribution is 0.934. The summed E-state index contributed by atoms with van der Waals surface area (Å²) in [6.45, 7) is 22.7. The van der Waals surface area contributed by atoms with Gasteiger partial charge in [0.1, 0.15) is 34.9 Å². The van der Waals surface area contributed by atoms with E-state index < -0.39 is 33.4 Å². The van der Waals surface area contributed by atoms with Crippen molar-refractivity contribution in [1.82, 2.24) is 59.8 Å². The van der Waals surface area contributed by atoms with E-state index in [9.17, 15) is 44.6 Å². The van der Waals surface area contributed by atoms with Crippen LogP contribution in [0.4, 0.5) is 17.1 Å². The van der Waals surface area contributed by atoms with Crippen LogP contribution in [-0.4, -0.2) is 59.8 Å². The number of fused-ring (bicyclic) bond motifs is 2. The van der Waals surface area contributed by atoms with E-state index in [0.29, 0.717) is 122 Å². The second-order valence-electron chi connectivity index (χ2n) is 31.3. The van der Waals surface area contributed by atoms with E-state index in [1.165, 1.54) is 70.6 Å². The molecule has 686 valence electrons. The zero-order chi connectivity index (χ0) is 98.5. The number of nitrogens with zero attached hydrogens (tertiary/aromatic N) is 12. The predicted molar refractivity (Wildman–Crippen MR) is 573 cm³/mol. The number of hydrogen-bond donors (Lipinski definition) is 6. The van der Waals surface area contributed by atoms with Gasteiger partial charge in [-0.1, -0.05) is 394 Å². The molecule has 0 spiro atoms. The maximum absolute atomic E-state index is 12.9. The SMILES string of the molecule is [C-]#[N+]c1c(-c2ccc(-c3ccccc3)cc2)nc(SCc2ccc(CSc3nc(-c4ccc(-c5ccccc5)cc4)c(C#N)c(=O)[nH]3)cc2)[nH]c1=O.[C-]#[N+]c1c(-c2ccc(Br)cc2)nc(SCc2ccc(CSc3nc(-c4ccc(Br)cc4)c(C#N)c(=O)[nH]3)cc2)[nH]c1=O.[C-]#[N+]c1c(-c2cccc3ccccc23)nc(SCc2ccc(CSc3nc(-c4cccc5ccccc45)c(C#N)c(=O)[nH]3)cc2)[nH]c1=O. The molecule has 6 N–H and O–H groups in total. The Labute approximate surface area is 853 Å². The average Bonchev–Trinajstić information content (AvgIpc) is 0.775. The topological polar surface area (TPSA) is 359 Å². The first-order valence-electron chi connectivity index (χ1n) is 43.3. The van der Waals surface area contributed by atoms with Crippen LogP contribution in [0.2, 0.25) is 0 Å². The third-order valence-electron chi connectivity index (χ3n) is 22.2. The Balaban J connectivity index is 0.000000147. The van der Waals surface area contributed by atoms with Crippen molar-refractivity contribution in [2.75, 3.05) is 0 Å². The van der Waals surface area contributed by atoms with Crippen molar-refractivity contribution >= 4 is 141 Å². The number of nitrogens with one attached hydrogen (secondary N) is 6. The molecule has 0 unspecified atom stereocenters. The van der Waals surface area contributed by atoms with Gasteiger partial charge in [-0.2, -0.15) is 15.8 Å². The van der Waals surface area contributed by atoms with E-state index in [1.807, 2.05) is 334 Å². The van der Waals surface area contributed by atoms with E-state index in [1.54, 1.807) is 0 Å². The zero-order valence-electron chi connectivity index (χ0n) is 74.3. The third kappa shape index (κ3) is 23.5. The summed E-state index contributed by atoms with van der Waals surface area (Å²) in [5.41, 5.74) is 13.8. The first-order chi connectivity index (χ1) is 69.3. The monoisotopic (exact) mass is 2090 g/mol. The normalized spacial score (nSPS) is 10.8. The third-order valence-corrected chi connectivity index (χ3v) is 28.9. The minimum absolute atomic E-state index is 0.0126. The molecule has 0 atom stereocenters. The molecule has 142 heavy (non-hydrogen) atoms. The van der Waals surface area contributed by atoms with Crippen LogP contribution < -0.4 is 33.4 Å². The Hall–Kier alpha value is -16.3. The number of thioether (sulfide) groups is 6. The van der Waals surface area contributed by atoms with Gasteiger partial charge in [0.2, 0.25) is 0 Å². The van der Waals surface area contributed by atoms with Crippen LogP contribution in [0.1, 0.15) is 50.1 Å². The number of nitriles is 3. The molecule has 32 heteroatoms. The van der Waals surface area contributed by atoms with Crippen molar-refractivity contribution in [3.8, 4) is 108 Å². The minimum atomic E-state index is -0.474. The van der Waals surface area contributed by atoms with Gasteiger partial charge < -0.3 is 29.9 Å². The molecule has 0 saturated carbocycles. The molecule has 0 aliphatic rings. The van der Waals surface area contributed by atoms with Gasteiger partial charge in [0.25, 0.3) is 50.4 Å². The van der Waals surface area contributed by atoms with E-state index in [2.05, 4.69) is 96.2 Å². The molecule has 0 saturated heterocycles. The van der Waals surface area contributed by atoms with Crippen molar-refractivity contribution in [1.29, 1.82) is 15.8 Å². The summed E-state index contributed by atoms with van der Waals surface area (Å²) in [6, 6.07) is 107. The molecule has 0 radical (unpaired) electrons. The molecule has 6 heterocycles. The lowest BCUT2D eigenvalue weighted by Gasteiger charge is -2.10. The highest BCUT2D eigenvalue weighted by Gasteiger charge is 2.24. The fraction of sp³-hybridized carbons (Fsp3) is 0.0545. The minimum Gasteiger partial charge on any atom is -0.311 e. The Morgan fingerprint density at radius 2 is 0.472 bits per heavy atom. The molecule has 0 bridgehead atoms. The molecular formula is C110H70Br2N18O6S6. The van der Waals surface area contributed by atoms with Gasteiger partial charge in [0.05, 0.1) is 53.9 Å². The first kappa shape index (κ1) is 97.3. The van der Waals surface area contributed by atoms with E-state index in [0.717, 1.165) is 97.3 Å². The second kappa shape index (κ2) is 46.0. The smallest absolute Gasteiger partial charge is 0.276 e. The summed E-state index contributed by atoms with van der Waals surface area (Å²) in [6.07, 6.45) is 0. The molecule has 0 aliphatic heterocycles. The standard InChI is InChI=1S/C42H28N6O2S2.C38H24N6O2S2.C30H18Br2N6O2S2/c1-44-38-37(34-22-18-32(19-23-34)30-10-6-3-7-11-30)46-42(48-40(38)50)52-26-28-14-12-27(13-15-28)25-51-41-45-36(35(24-43)39(49)47-41)33-20-16-31(17-21-33)29-8-4-2-5-9-29;1-40-34-33(30-15-7-11-26-9-3-5-13-28(26)30)42-38(44-36(34)46)48-22-24-18-16-23(17-19-24)21-47-37-41-32(31(20-39)35(45)43-37)29-14-6-10-25-8-2-4-12-27(25)29;1-34-26-25(20-8-12-22(32)13-9-20)36-30(38-28(26)40)42-16-18-4-2-17(3-5-18)15-41-29-35-24(23(14-33)27(39)37-29)19-6-10-21(31)11-7-19/h2-23H,25-26H2,(H,45,47,49)(H,46,48,50);2-19H,21-22H2,(H,41,43,45)(H,42,44,46);2-13H,15-16H2,(H,35,37,39)(H,36,38,40). The average molecular weight is 2090 g/mol. The largest absolute Gasteiger partial charge is 0.311 e. The Kier molecular flexibility index (Phi) is 31.5. The number of aromatic nitrogens is 12. The molecular weight excluding hydrogens is 2020 g/mol. The van der Waals surface area contributed by atoms with Crippen molar-refractivity contribution in [3.05, 3.63) is 471 Å². The summed E-state index contributed by atoms with van der Waals surface area (Å²) < 4.78 is 1.78. The van der Waals surface area contributed by atoms with Crippen LogP contribution in [0, 0.1) is 53.7 Å². The number of hydrogen-bond acceptors (Lipinski definition) is 21. The zero-order valence-corrected chi connectivity index (χ0v) is 82.4. The highest BCUT2D eigenvalue weighted by Crippen LogP contribution is 2.39. The van der Waals surface area contributed by atoms with Crippen LogP contribution in [0.25, 0.3) is 126 Å². The lowest BCUT2D eigenvalue weighted by atomic mass is 10.00. The van der Waals surface area contributed by atoms with Gasteiger partial charge >= 0.3 is 0 Å². The number of aromatic amines is 6. The van der Waals surface area contributed by atoms with Gasteiger partial charge in [0, 0.05) is 60.2 Å². The Morgan fingerprint density at radius 1 is 0.246 bits per heavy atom. The molecule has 0 fully saturated rings. The van der Waals surface area contributed by atoms with Gasteiger partial charge in [-0.25, -0.2) is 44.4 Å².